The molecule has 1 atom stereocenters. The SMILES string of the molecule is O=S1(=O)c2ccccc2Oc2ccc(Cl)cc2N1CC1CCN(C[C@H](O)c2ccc(F)cc2)CC1. The zero-order valence-electron chi connectivity index (χ0n) is 19.0. The topological polar surface area (TPSA) is 70.1 Å². The van der Waals surface area contributed by atoms with Crippen molar-refractivity contribution in [3.05, 3.63) is 83.1 Å². The van der Waals surface area contributed by atoms with E-state index in [2.05, 4.69) is 4.90 Å². The summed E-state index contributed by atoms with van der Waals surface area (Å²) >= 11 is 6.24. The van der Waals surface area contributed by atoms with Gasteiger partial charge in [-0.3, -0.25) is 4.31 Å². The molecule has 1 fully saturated rings. The van der Waals surface area contributed by atoms with Gasteiger partial charge in [0.25, 0.3) is 10.0 Å². The average molecular weight is 517 g/mol. The van der Waals surface area contributed by atoms with Crippen molar-refractivity contribution in [1.29, 1.82) is 0 Å². The van der Waals surface area contributed by atoms with Gasteiger partial charge in [-0.15, -0.1) is 0 Å². The van der Waals surface area contributed by atoms with E-state index in [0.717, 1.165) is 25.9 Å². The van der Waals surface area contributed by atoms with Crippen LogP contribution >= 0.6 is 11.6 Å². The summed E-state index contributed by atoms with van der Waals surface area (Å²) in [4.78, 5) is 2.29. The number of rotatable bonds is 5. The molecule has 184 valence electrons. The fourth-order valence-corrected chi connectivity index (χ4v) is 6.53. The summed E-state index contributed by atoms with van der Waals surface area (Å²) in [5, 5.41) is 11.0. The molecule has 0 aliphatic carbocycles. The lowest BCUT2D eigenvalue weighted by molar-refractivity contribution is 0.0904. The molecule has 3 aromatic rings. The normalized spacial score (nSPS) is 18.8. The summed E-state index contributed by atoms with van der Waals surface area (Å²) in [5.41, 5.74) is 1.11. The number of hydrogen-bond donors (Lipinski definition) is 1. The standard InChI is InChI=1S/C26H26ClFN2O4S/c27-20-7-10-24-22(15-20)30(35(32,33)26-4-2-1-3-25(26)34-24)16-18-11-13-29(14-12-18)17-23(31)19-5-8-21(28)9-6-19/h1-10,15,18,23,31H,11-14,16-17H2/t23-/m0/s1. The number of β-amino-alcohol motifs (C(OH)–C–C–N with tert-alkyl or cyclic N) is 1. The van der Waals surface area contributed by atoms with E-state index in [1.807, 2.05) is 0 Å². The molecule has 0 unspecified atom stereocenters. The van der Waals surface area contributed by atoms with E-state index in [9.17, 15) is 17.9 Å². The number of likely N-dealkylation sites (tertiary alicyclic amines) is 1. The first-order valence-corrected chi connectivity index (χ1v) is 13.4. The summed E-state index contributed by atoms with van der Waals surface area (Å²) in [6.45, 7) is 2.21. The molecule has 5 rings (SSSR count). The molecule has 0 aromatic heterocycles. The minimum Gasteiger partial charge on any atom is -0.454 e. The first-order chi connectivity index (χ1) is 16.8. The van der Waals surface area contributed by atoms with Crippen LogP contribution in [0, 0.1) is 11.7 Å². The number of aliphatic hydroxyl groups excluding tert-OH is 1. The van der Waals surface area contributed by atoms with Crippen LogP contribution in [0.4, 0.5) is 10.1 Å². The van der Waals surface area contributed by atoms with Gasteiger partial charge in [0.15, 0.2) is 5.75 Å². The van der Waals surface area contributed by atoms with E-state index in [-0.39, 0.29) is 16.6 Å². The monoisotopic (exact) mass is 516 g/mol. The number of piperidine rings is 1. The minimum absolute atomic E-state index is 0.126. The molecule has 0 radical (unpaired) electrons. The third-order valence-electron chi connectivity index (χ3n) is 6.64. The van der Waals surface area contributed by atoms with Gasteiger partial charge in [0, 0.05) is 18.1 Å². The van der Waals surface area contributed by atoms with E-state index in [0.29, 0.717) is 40.9 Å². The van der Waals surface area contributed by atoms with Gasteiger partial charge in [-0.05, 0) is 79.9 Å². The Morgan fingerprint density at radius 3 is 2.49 bits per heavy atom. The Balaban J connectivity index is 1.32. The maximum absolute atomic E-state index is 13.7. The zero-order chi connectivity index (χ0) is 24.6. The Hall–Kier alpha value is -2.65. The first-order valence-electron chi connectivity index (χ1n) is 11.6. The maximum atomic E-state index is 13.7. The number of fused-ring (bicyclic) bond motifs is 2. The van der Waals surface area contributed by atoms with Gasteiger partial charge >= 0.3 is 0 Å². The van der Waals surface area contributed by atoms with Crippen molar-refractivity contribution in [2.75, 3.05) is 30.5 Å². The lowest BCUT2D eigenvalue weighted by atomic mass is 9.96. The smallest absolute Gasteiger partial charge is 0.268 e. The molecule has 3 aromatic carbocycles. The van der Waals surface area contributed by atoms with Gasteiger partial charge in [0.2, 0.25) is 0 Å². The molecule has 9 heteroatoms. The highest BCUT2D eigenvalue weighted by atomic mass is 35.5. The van der Waals surface area contributed by atoms with Crippen molar-refractivity contribution in [1.82, 2.24) is 4.90 Å². The van der Waals surface area contributed by atoms with Crippen LogP contribution in [0.1, 0.15) is 24.5 Å². The van der Waals surface area contributed by atoms with Crippen LogP contribution in [0.5, 0.6) is 11.5 Å². The molecule has 0 saturated carbocycles. The number of benzene rings is 3. The Morgan fingerprint density at radius 2 is 1.74 bits per heavy atom. The van der Waals surface area contributed by atoms with E-state index in [1.54, 1.807) is 54.6 Å². The molecular formula is C26H26ClFN2O4S. The third-order valence-corrected chi connectivity index (χ3v) is 8.70. The van der Waals surface area contributed by atoms with Crippen LogP contribution in [0.3, 0.4) is 0 Å². The lowest BCUT2D eigenvalue weighted by Crippen LogP contribution is -2.42. The summed E-state index contributed by atoms with van der Waals surface area (Å²) in [6, 6.07) is 17.5. The summed E-state index contributed by atoms with van der Waals surface area (Å²) in [7, 11) is -3.86. The predicted octanol–water partition coefficient (Wildman–Crippen LogP) is 5.23. The highest BCUT2D eigenvalue weighted by Crippen LogP contribution is 2.44. The second kappa shape index (κ2) is 9.78. The van der Waals surface area contributed by atoms with E-state index in [1.165, 1.54) is 16.4 Å². The Morgan fingerprint density at radius 1 is 1.03 bits per heavy atom. The molecule has 2 heterocycles. The number of ether oxygens (including phenoxy) is 1. The summed E-state index contributed by atoms with van der Waals surface area (Å²) < 4.78 is 48.0. The predicted molar refractivity (Wildman–Crippen MR) is 133 cm³/mol. The van der Waals surface area contributed by atoms with Gasteiger partial charge in [-0.1, -0.05) is 35.9 Å². The summed E-state index contributed by atoms with van der Waals surface area (Å²) in [6.07, 6.45) is 0.849. The van der Waals surface area contributed by atoms with Crippen molar-refractivity contribution < 1.29 is 22.7 Å². The van der Waals surface area contributed by atoms with E-state index >= 15 is 0 Å². The molecular weight excluding hydrogens is 491 g/mol. The molecule has 2 aliphatic rings. The molecule has 0 amide bonds. The van der Waals surface area contributed by atoms with Crippen LogP contribution in [0.25, 0.3) is 0 Å². The van der Waals surface area contributed by atoms with Gasteiger partial charge in [-0.25, -0.2) is 12.8 Å². The second-order valence-corrected chi connectivity index (χ2v) is 11.3. The molecule has 1 saturated heterocycles. The van der Waals surface area contributed by atoms with E-state index < -0.39 is 16.1 Å². The van der Waals surface area contributed by atoms with Crippen LogP contribution in [0.15, 0.2) is 71.6 Å². The highest BCUT2D eigenvalue weighted by molar-refractivity contribution is 7.93. The molecule has 1 N–H and O–H groups in total. The van der Waals surface area contributed by atoms with Crippen molar-refractivity contribution in [2.24, 2.45) is 5.92 Å². The van der Waals surface area contributed by atoms with E-state index in [4.69, 9.17) is 16.3 Å². The Bertz CT molecular complexity index is 1310. The number of anilines is 1. The van der Waals surface area contributed by atoms with Crippen molar-refractivity contribution >= 4 is 27.3 Å². The van der Waals surface area contributed by atoms with Crippen molar-refractivity contribution in [2.45, 2.75) is 23.8 Å². The number of aliphatic hydroxyl groups is 1. The largest absolute Gasteiger partial charge is 0.454 e. The molecule has 0 spiro atoms. The molecule has 0 bridgehead atoms. The lowest BCUT2D eigenvalue weighted by Gasteiger charge is -2.35. The highest BCUT2D eigenvalue weighted by Gasteiger charge is 2.36. The second-order valence-electron chi connectivity index (χ2n) is 9.01. The first kappa shape index (κ1) is 24.1. The Kier molecular flexibility index (Phi) is 6.72. The fourth-order valence-electron chi connectivity index (χ4n) is 4.70. The van der Waals surface area contributed by atoms with Crippen LogP contribution in [-0.4, -0.2) is 44.6 Å². The molecule has 2 aliphatic heterocycles. The van der Waals surface area contributed by atoms with Gasteiger partial charge in [0.05, 0.1) is 11.8 Å². The van der Waals surface area contributed by atoms with Crippen molar-refractivity contribution in [3.63, 3.8) is 0 Å². The maximum Gasteiger partial charge on any atom is 0.268 e. The van der Waals surface area contributed by atoms with Crippen molar-refractivity contribution in [3.8, 4) is 11.5 Å². The quantitative estimate of drug-likeness (QED) is 0.503. The van der Waals surface area contributed by atoms with Gasteiger partial charge in [-0.2, -0.15) is 0 Å². The number of hydrogen-bond acceptors (Lipinski definition) is 5. The van der Waals surface area contributed by atoms with Crippen LogP contribution in [0.2, 0.25) is 5.02 Å². The number of halogens is 2. The number of nitrogens with zero attached hydrogens (tertiary/aromatic N) is 2. The van der Waals surface area contributed by atoms with Gasteiger partial charge in [0.1, 0.15) is 16.5 Å². The minimum atomic E-state index is -3.86. The number of sulfonamides is 1. The number of para-hydroxylation sites is 1. The van der Waals surface area contributed by atoms with Crippen LogP contribution in [-0.2, 0) is 10.0 Å². The molecule has 6 nitrogen and oxygen atoms in total. The fraction of sp³-hybridized carbons (Fsp3) is 0.308. The Labute approximate surface area is 209 Å². The van der Waals surface area contributed by atoms with Gasteiger partial charge < -0.3 is 14.7 Å². The molecule has 35 heavy (non-hydrogen) atoms. The zero-order valence-corrected chi connectivity index (χ0v) is 20.6. The summed E-state index contributed by atoms with van der Waals surface area (Å²) in [5.74, 6) is 0.535. The third kappa shape index (κ3) is 5.02. The van der Waals surface area contributed by atoms with Crippen LogP contribution < -0.4 is 9.04 Å². The average Bonchev–Trinajstić information content (AvgIpc) is 2.93.